The van der Waals surface area contributed by atoms with Crippen LogP contribution in [-0.2, 0) is 4.74 Å². The number of carbonyl (C=O) groups is 1. The van der Waals surface area contributed by atoms with E-state index in [-0.39, 0.29) is 11.9 Å². The number of amides is 1. The summed E-state index contributed by atoms with van der Waals surface area (Å²) < 4.78 is 10.7. The molecule has 3 rings (SSSR count). The molecule has 0 spiro atoms. The van der Waals surface area contributed by atoms with E-state index in [2.05, 4.69) is 25.9 Å². The molecule has 0 radical (unpaired) electrons. The normalized spacial score (nSPS) is 17.1. The molecular formula is C16H19N5O3. The van der Waals surface area contributed by atoms with E-state index in [1.54, 1.807) is 0 Å². The number of ether oxygens (including phenoxy) is 2. The van der Waals surface area contributed by atoms with E-state index >= 15 is 0 Å². The highest BCUT2D eigenvalue weighted by molar-refractivity contribution is 5.69. The van der Waals surface area contributed by atoms with Crippen LogP contribution in [0.3, 0.4) is 0 Å². The van der Waals surface area contributed by atoms with Crippen LogP contribution in [0, 0.1) is 0 Å². The van der Waals surface area contributed by atoms with E-state index in [4.69, 9.17) is 9.47 Å². The van der Waals surface area contributed by atoms with Crippen molar-refractivity contribution in [2.75, 3.05) is 32.1 Å². The lowest BCUT2D eigenvalue weighted by Gasteiger charge is -2.24. The molecule has 0 saturated carbocycles. The van der Waals surface area contributed by atoms with E-state index in [9.17, 15) is 4.79 Å². The third kappa shape index (κ3) is 4.18. The van der Waals surface area contributed by atoms with Crippen molar-refractivity contribution in [3.63, 3.8) is 0 Å². The number of rotatable bonds is 4. The molecule has 1 aliphatic heterocycles. The number of hydrogen-bond donors (Lipinski definition) is 3. The zero-order valence-corrected chi connectivity index (χ0v) is 13.3. The molecule has 1 amide bonds. The van der Waals surface area contributed by atoms with Gasteiger partial charge in [-0.15, -0.1) is 0 Å². The lowest BCUT2D eigenvalue weighted by molar-refractivity contribution is 0.0277. The van der Waals surface area contributed by atoms with Crippen molar-refractivity contribution >= 4 is 17.7 Å². The number of nitrogens with zero attached hydrogens (tertiary/aromatic N) is 2. The van der Waals surface area contributed by atoms with E-state index in [1.165, 1.54) is 19.4 Å². The minimum atomic E-state index is -0.561. The summed E-state index contributed by atoms with van der Waals surface area (Å²) in [5, 5.41) is 8.76. The van der Waals surface area contributed by atoms with Gasteiger partial charge >= 0.3 is 6.09 Å². The van der Waals surface area contributed by atoms with Crippen LogP contribution in [0.5, 0.6) is 5.75 Å². The summed E-state index contributed by atoms with van der Waals surface area (Å²) in [5.74, 6) is 0.694. The number of carbonyl (C=O) groups excluding carboxylic acids is 1. The van der Waals surface area contributed by atoms with Gasteiger partial charge in [0.2, 0.25) is 5.95 Å². The van der Waals surface area contributed by atoms with Crippen molar-refractivity contribution in [2.24, 2.45) is 0 Å². The molecule has 8 heteroatoms. The minimum absolute atomic E-state index is 0.0881. The van der Waals surface area contributed by atoms with Crippen LogP contribution in [0.1, 0.15) is 11.7 Å². The van der Waals surface area contributed by atoms with Gasteiger partial charge in [0, 0.05) is 25.8 Å². The lowest BCUT2D eigenvalue weighted by atomic mass is 10.1. The van der Waals surface area contributed by atoms with E-state index in [1.807, 2.05) is 24.3 Å². The van der Waals surface area contributed by atoms with Crippen LogP contribution in [-0.4, -0.2) is 42.8 Å². The van der Waals surface area contributed by atoms with Crippen LogP contribution >= 0.6 is 0 Å². The van der Waals surface area contributed by atoms with Gasteiger partial charge in [-0.05, 0) is 17.7 Å². The average molecular weight is 329 g/mol. The Morgan fingerprint density at radius 2 is 2.04 bits per heavy atom. The Morgan fingerprint density at radius 3 is 2.67 bits per heavy atom. The molecular weight excluding hydrogens is 310 g/mol. The standard InChI is InChI=1S/C16H19N5O3/c1-17-16(22)24-13-8-19-15(20-9-13)21-12-4-2-11(3-5-12)14-10-18-6-7-23-14/h2-5,8-9,14,18H,6-7,10H2,1H3,(H,17,22)(H,19,20,21)/t14-/m0/s1. The molecule has 1 fully saturated rings. The molecule has 1 aliphatic rings. The van der Waals surface area contributed by atoms with Crippen molar-refractivity contribution in [1.29, 1.82) is 0 Å². The Hall–Kier alpha value is -2.71. The van der Waals surface area contributed by atoms with Crippen molar-refractivity contribution in [2.45, 2.75) is 6.10 Å². The summed E-state index contributed by atoms with van der Waals surface area (Å²) in [6.07, 6.45) is 2.39. The zero-order valence-electron chi connectivity index (χ0n) is 13.3. The fourth-order valence-electron chi connectivity index (χ4n) is 2.28. The van der Waals surface area contributed by atoms with Crippen LogP contribution < -0.4 is 20.7 Å². The second-order valence-corrected chi connectivity index (χ2v) is 5.19. The number of aromatic nitrogens is 2. The highest BCUT2D eigenvalue weighted by Gasteiger charge is 2.15. The molecule has 0 unspecified atom stereocenters. The Bertz CT molecular complexity index is 669. The summed E-state index contributed by atoms with van der Waals surface area (Å²) in [6, 6.07) is 7.93. The van der Waals surface area contributed by atoms with Gasteiger partial charge in [-0.3, -0.25) is 0 Å². The third-order valence-electron chi connectivity index (χ3n) is 3.51. The monoisotopic (exact) mass is 329 g/mol. The number of morpholine rings is 1. The van der Waals surface area contributed by atoms with Gasteiger partial charge in [0.1, 0.15) is 0 Å². The first-order valence-electron chi connectivity index (χ1n) is 7.65. The first-order chi connectivity index (χ1) is 11.7. The van der Waals surface area contributed by atoms with Crippen molar-refractivity contribution in [3.8, 4) is 5.75 Å². The van der Waals surface area contributed by atoms with Gasteiger partial charge in [0.15, 0.2) is 5.75 Å². The number of nitrogens with one attached hydrogen (secondary N) is 3. The molecule has 2 aromatic rings. The van der Waals surface area contributed by atoms with Gasteiger partial charge in [0.05, 0.1) is 25.1 Å². The fourth-order valence-corrected chi connectivity index (χ4v) is 2.28. The van der Waals surface area contributed by atoms with Crippen LogP contribution in [0.25, 0.3) is 0 Å². The Kier molecular flexibility index (Phi) is 5.19. The Labute approximate surface area is 139 Å². The van der Waals surface area contributed by atoms with E-state index < -0.39 is 6.09 Å². The van der Waals surface area contributed by atoms with Gasteiger partial charge in [0.25, 0.3) is 0 Å². The molecule has 0 bridgehead atoms. The summed E-state index contributed by atoms with van der Waals surface area (Å²) in [6.45, 7) is 2.44. The molecule has 24 heavy (non-hydrogen) atoms. The maximum atomic E-state index is 11.1. The summed E-state index contributed by atoms with van der Waals surface area (Å²) in [4.78, 5) is 19.3. The van der Waals surface area contributed by atoms with Gasteiger partial charge < -0.3 is 25.4 Å². The van der Waals surface area contributed by atoms with Gasteiger partial charge in [-0.25, -0.2) is 14.8 Å². The highest BCUT2D eigenvalue weighted by atomic mass is 16.6. The maximum absolute atomic E-state index is 11.1. The predicted molar refractivity (Wildman–Crippen MR) is 88.4 cm³/mol. The molecule has 126 valence electrons. The highest BCUT2D eigenvalue weighted by Crippen LogP contribution is 2.22. The summed E-state index contributed by atoms with van der Waals surface area (Å²) in [5.41, 5.74) is 1.99. The van der Waals surface area contributed by atoms with Crippen LogP contribution in [0.4, 0.5) is 16.4 Å². The molecule has 1 aromatic heterocycles. The molecule has 1 atom stereocenters. The number of anilines is 2. The van der Waals surface area contributed by atoms with Crippen LogP contribution in [0.15, 0.2) is 36.7 Å². The van der Waals surface area contributed by atoms with E-state index in [0.717, 1.165) is 30.9 Å². The Balaban J connectivity index is 1.60. The average Bonchev–Trinajstić information content (AvgIpc) is 2.64. The predicted octanol–water partition coefficient (Wildman–Crippen LogP) is 1.60. The Morgan fingerprint density at radius 1 is 1.29 bits per heavy atom. The van der Waals surface area contributed by atoms with E-state index in [0.29, 0.717) is 5.95 Å². The summed E-state index contributed by atoms with van der Waals surface area (Å²) in [7, 11) is 1.48. The maximum Gasteiger partial charge on any atom is 0.412 e. The number of benzene rings is 1. The zero-order chi connectivity index (χ0) is 16.8. The van der Waals surface area contributed by atoms with Gasteiger partial charge in [-0.2, -0.15) is 0 Å². The third-order valence-corrected chi connectivity index (χ3v) is 3.51. The molecule has 0 aliphatic carbocycles. The summed E-state index contributed by atoms with van der Waals surface area (Å²) >= 11 is 0. The molecule has 8 nitrogen and oxygen atoms in total. The SMILES string of the molecule is CNC(=O)Oc1cnc(Nc2ccc([C@@H]3CNCCO3)cc2)nc1. The second kappa shape index (κ2) is 7.71. The fraction of sp³-hybridized carbons (Fsp3) is 0.312. The van der Waals surface area contributed by atoms with Crippen molar-refractivity contribution in [3.05, 3.63) is 42.2 Å². The molecule has 1 aromatic carbocycles. The smallest absolute Gasteiger partial charge is 0.407 e. The quantitative estimate of drug-likeness (QED) is 0.784. The molecule has 3 N–H and O–H groups in total. The number of hydrogen-bond acceptors (Lipinski definition) is 7. The first kappa shape index (κ1) is 16.2. The molecule has 1 saturated heterocycles. The topological polar surface area (TPSA) is 97.4 Å². The first-order valence-corrected chi connectivity index (χ1v) is 7.65. The van der Waals surface area contributed by atoms with Crippen LogP contribution in [0.2, 0.25) is 0 Å². The van der Waals surface area contributed by atoms with Crippen molar-refractivity contribution in [1.82, 2.24) is 20.6 Å². The minimum Gasteiger partial charge on any atom is -0.407 e. The largest absolute Gasteiger partial charge is 0.412 e. The molecule has 2 heterocycles. The van der Waals surface area contributed by atoms with Crippen molar-refractivity contribution < 1.29 is 14.3 Å². The van der Waals surface area contributed by atoms with Gasteiger partial charge in [-0.1, -0.05) is 12.1 Å². The lowest BCUT2D eigenvalue weighted by Crippen LogP contribution is -2.33. The second-order valence-electron chi connectivity index (χ2n) is 5.19.